The van der Waals surface area contributed by atoms with E-state index in [2.05, 4.69) is 69.0 Å². The number of fused-ring (bicyclic) bond motifs is 1. The van der Waals surface area contributed by atoms with Gasteiger partial charge in [0.25, 0.3) is 0 Å². The lowest BCUT2D eigenvalue weighted by Gasteiger charge is -2.12. The first-order chi connectivity index (χ1) is 13.4. The number of aromatic nitrogens is 4. The molecule has 0 spiro atoms. The second-order valence-electron chi connectivity index (χ2n) is 6.67. The van der Waals surface area contributed by atoms with Crippen molar-refractivity contribution < 1.29 is 0 Å². The highest BCUT2D eigenvalue weighted by Gasteiger charge is 2.23. The minimum absolute atomic E-state index is 0.872. The molecule has 4 nitrogen and oxygen atoms in total. The lowest BCUT2D eigenvalue weighted by molar-refractivity contribution is 0.770. The van der Waals surface area contributed by atoms with Gasteiger partial charge >= 0.3 is 0 Å². The summed E-state index contributed by atoms with van der Waals surface area (Å²) in [4.78, 5) is 9.53. The van der Waals surface area contributed by atoms with Crippen LogP contribution in [0.2, 0.25) is 0 Å². The van der Waals surface area contributed by atoms with Crippen LogP contribution in [0, 0.1) is 0 Å². The molecule has 4 aromatic rings. The van der Waals surface area contributed by atoms with Crippen LogP contribution < -0.4 is 0 Å². The molecule has 0 fully saturated rings. The highest BCUT2D eigenvalue weighted by Crippen LogP contribution is 2.33. The van der Waals surface area contributed by atoms with Crippen LogP contribution in [-0.4, -0.2) is 19.1 Å². The summed E-state index contributed by atoms with van der Waals surface area (Å²) in [6, 6.07) is 18.7. The third-order valence-electron chi connectivity index (χ3n) is 4.96. The van der Waals surface area contributed by atoms with E-state index in [9.17, 15) is 0 Å². The predicted octanol–water partition coefficient (Wildman–Crippen LogP) is 4.84. The van der Waals surface area contributed by atoms with E-state index in [1.807, 2.05) is 18.3 Å². The van der Waals surface area contributed by atoms with E-state index < -0.39 is 0 Å². The molecule has 0 atom stereocenters. The smallest absolute Gasteiger partial charge is 0.174 e. The van der Waals surface area contributed by atoms with E-state index in [-0.39, 0.29) is 0 Å². The highest BCUT2D eigenvalue weighted by atomic mass is 32.2. The highest BCUT2D eigenvalue weighted by molar-refractivity contribution is 7.98. The largest absolute Gasteiger partial charge is 0.324 e. The molecule has 3 heterocycles. The van der Waals surface area contributed by atoms with Crippen molar-refractivity contribution in [2.24, 2.45) is 0 Å². The SMILES string of the molecule is c1ccc(-n2c(SCc3ccccc3-n3cccc3)nc3c2CCC3)nc1. The molecule has 0 aliphatic heterocycles. The van der Waals surface area contributed by atoms with E-state index in [0.29, 0.717) is 0 Å². The Labute approximate surface area is 162 Å². The summed E-state index contributed by atoms with van der Waals surface area (Å²) in [7, 11) is 0. The van der Waals surface area contributed by atoms with Gasteiger partial charge < -0.3 is 4.57 Å². The van der Waals surface area contributed by atoms with Crippen molar-refractivity contribution in [1.82, 2.24) is 19.1 Å². The number of aryl methyl sites for hydroxylation is 1. The van der Waals surface area contributed by atoms with Crippen molar-refractivity contribution in [1.29, 1.82) is 0 Å². The maximum absolute atomic E-state index is 4.95. The number of benzene rings is 1. The van der Waals surface area contributed by atoms with Gasteiger partial charge in [0.15, 0.2) is 5.16 Å². The third kappa shape index (κ3) is 3.08. The lowest BCUT2D eigenvalue weighted by atomic mass is 10.2. The zero-order chi connectivity index (χ0) is 18.1. The topological polar surface area (TPSA) is 35.6 Å². The van der Waals surface area contributed by atoms with Gasteiger partial charge in [-0.25, -0.2) is 9.97 Å². The van der Waals surface area contributed by atoms with Gasteiger partial charge in [-0.15, -0.1) is 0 Å². The summed E-state index contributed by atoms with van der Waals surface area (Å²) in [6.07, 6.45) is 9.38. The summed E-state index contributed by atoms with van der Waals surface area (Å²) in [5.41, 5.74) is 5.09. The Balaban J connectivity index is 1.48. The average molecular weight is 372 g/mol. The molecule has 0 unspecified atom stereocenters. The summed E-state index contributed by atoms with van der Waals surface area (Å²) in [5, 5.41) is 1.04. The molecule has 5 rings (SSSR count). The van der Waals surface area contributed by atoms with Crippen molar-refractivity contribution in [3.05, 3.63) is 90.1 Å². The van der Waals surface area contributed by atoms with E-state index in [1.165, 1.54) is 29.1 Å². The Hall–Kier alpha value is -2.79. The van der Waals surface area contributed by atoms with Crippen LogP contribution in [0.1, 0.15) is 23.4 Å². The molecule has 0 bridgehead atoms. The fourth-order valence-corrected chi connectivity index (χ4v) is 4.73. The predicted molar refractivity (Wildman–Crippen MR) is 109 cm³/mol. The van der Waals surface area contributed by atoms with Crippen LogP contribution >= 0.6 is 11.8 Å². The Morgan fingerprint density at radius 3 is 2.63 bits per heavy atom. The molecule has 1 aliphatic rings. The number of rotatable bonds is 5. The number of hydrogen-bond donors (Lipinski definition) is 0. The number of para-hydroxylation sites is 1. The fourth-order valence-electron chi connectivity index (χ4n) is 3.70. The lowest BCUT2D eigenvalue weighted by Crippen LogP contribution is -2.03. The zero-order valence-electron chi connectivity index (χ0n) is 15.0. The molecule has 0 amide bonds. The van der Waals surface area contributed by atoms with Gasteiger partial charge in [0.05, 0.1) is 5.69 Å². The first-order valence-corrected chi connectivity index (χ1v) is 10.2. The Kier molecular flexibility index (Phi) is 4.30. The first-order valence-electron chi connectivity index (χ1n) is 9.26. The maximum atomic E-state index is 4.95. The molecule has 1 aliphatic carbocycles. The number of hydrogen-bond acceptors (Lipinski definition) is 3. The molecule has 0 N–H and O–H groups in total. The van der Waals surface area contributed by atoms with Gasteiger partial charge in [0.1, 0.15) is 5.82 Å². The van der Waals surface area contributed by atoms with Crippen LogP contribution in [0.3, 0.4) is 0 Å². The minimum Gasteiger partial charge on any atom is -0.324 e. The summed E-state index contributed by atoms with van der Waals surface area (Å²) in [5.74, 6) is 1.84. The van der Waals surface area contributed by atoms with Crippen LogP contribution in [0.4, 0.5) is 0 Å². The molecular formula is C22H20N4S. The van der Waals surface area contributed by atoms with Crippen molar-refractivity contribution in [2.75, 3.05) is 0 Å². The number of thioether (sulfide) groups is 1. The summed E-state index contributed by atoms with van der Waals surface area (Å²) in [6.45, 7) is 0. The molecule has 5 heteroatoms. The second kappa shape index (κ2) is 7.08. The molecule has 1 aromatic carbocycles. The van der Waals surface area contributed by atoms with Gasteiger partial charge in [0, 0.05) is 35.7 Å². The van der Waals surface area contributed by atoms with Crippen LogP contribution in [0.15, 0.2) is 78.3 Å². The van der Waals surface area contributed by atoms with E-state index in [4.69, 9.17) is 4.98 Å². The van der Waals surface area contributed by atoms with E-state index in [0.717, 1.165) is 29.6 Å². The third-order valence-corrected chi connectivity index (χ3v) is 5.95. The van der Waals surface area contributed by atoms with Crippen molar-refractivity contribution >= 4 is 11.8 Å². The van der Waals surface area contributed by atoms with Gasteiger partial charge in [-0.2, -0.15) is 0 Å². The molecular weight excluding hydrogens is 352 g/mol. The van der Waals surface area contributed by atoms with E-state index >= 15 is 0 Å². The Bertz CT molecular complexity index is 1050. The van der Waals surface area contributed by atoms with E-state index in [1.54, 1.807) is 11.8 Å². The number of imidazole rings is 1. The van der Waals surface area contributed by atoms with Crippen molar-refractivity contribution in [3.8, 4) is 11.5 Å². The van der Waals surface area contributed by atoms with Gasteiger partial charge in [-0.3, -0.25) is 4.57 Å². The molecule has 134 valence electrons. The van der Waals surface area contributed by atoms with Crippen LogP contribution in [0.25, 0.3) is 11.5 Å². The summed E-state index contributed by atoms with van der Waals surface area (Å²) >= 11 is 1.79. The molecule has 0 saturated carbocycles. The Morgan fingerprint density at radius 1 is 0.926 bits per heavy atom. The maximum Gasteiger partial charge on any atom is 0.174 e. The van der Waals surface area contributed by atoms with Crippen molar-refractivity contribution in [2.45, 2.75) is 30.2 Å². The average Bonchev–Trinajstić information content (AvgIpc) is 3.44. The monoisotopic (exact) mass is 372 g/mol. The fraction of sp³-hybridized carbons (Fsp3) is 0.182. The van der Waals surface area contributed by atoms with Gasteiger partial charge in [-0.05, 0) is 55.2 Å². The quantitative estimate of drug-likeness (QED) is 0.470. The normalized spacial score (nSPS) is 13.0. The minimum atomic E-state index is 0.872. The van der Waals surface area contributed by atoms with Crippen molar-refractivity contribution in [3.63, 3.8) is 0 Å². The molecule has 0 radical (unpaired) electrons. The molecule has 27 heavy (non-hydrogen) atoms. The van der Waals surface area contributed by atoms with Gasteiger partial charge in [-0.1, -0.05) is 36.0 Å². The Morgan fingerprint density at radius 2 is 1.78 bits per heavy atom. The number of nitrogens with zero attached hydrogens (tertiary/aromatic N) is 4. The molecule has 3 aromatic heterocycles. The number of pyridine rings is 1. The van der Waals surface area contributed by atoms with Crippen LogP contribution in [-0.2, 0) is 18.6 Å². The molecule has 0 saturated heterocycles. The zero-order valence-corrected chi connectivity index (χ0v) is 15.8. The van der Waals surface area contributed by atoms with Gasteiger partial charge in [0.2, 0.25) is 0 Å². The second-order valence-corrected chi connectivity index (χ2v) is 7.61. The van der Waals surface area contributed by atoms with Crippen LogP contribution in [0.5, 0.6) is 0 Å². The standard InChI is InChI=1S/C22H20N4S/c1-2-10-19(25-14-5-6-15-25)17(8-1)16-27-22-24-18-9-7-11-20(18)26(22)21-12-3-4-13-23-21/h1-6,8,10,12-15H,7,9,11,16H2. The summed E-state index contributed by atoms with van der Waals surface area (Å²) < 4.78 is 4.42. The first kappa shape index (κ1) is 16.4.